The van der Waals surface area contributed by atoms with Gasteiger partial charge in [-0.3, -0.25) is 19.5 Å². The van der Waals surface area contributed by atoms with Crippen LogP contribution in [0.3, 0.4) is 0 Å². The normalized spacial score (nSPS) is 18.4. The van der Waals surface area contributed by atoms with Crippen LogP contribution in [-0.4, -0.2) is 74.1 Å². The molecule has 3 aromatic carbocycles. The summed E-state index contributed by atoms with van der Waals surface area (Å²) in [5.74, 6) is -0.546. The first-order chi connectivity index (χ1) is 17.9. The van der Waals surface area contributed by atoms with Crippen molar-refractivity contribution in [2.24, 2.45) is 4.99 Å². The molecule has 2 aliphatic rings. The molecule has 0 saturated carbocycles. The molecular weight excluding hydrogens is 530 g/mol. The lowest BCUT2D eigenvalue weighted by atomic mass is 9.90. The van der Waals surface area contributed by atoms with E-state index in [1.165, 1.54) is 0 Å². The van der Waals surface area contributed by atoms with Gasteiger partial charge in [-0.25, -0.2) is 0 Å². The second-order valence-corrected chi connectivity index (χ2v) is 10.5. The summed E-state index contributed by atoms with van der Waals surface area (Å²) in [5, 5.41) is 3.00. The number of aliphatic imine (C=N–C) groups is 1. The smallest absolute Gasteiger partial charge is 0.240 e. The van der Waals surface area contributed by atoms with Crippen LogP contribution in [0.5, 0.6) is 0 Å². The van der Waals surface area contributed by atoms with Gasteiger partial charge in [0.1, 0.15) is 5.92 Å². The van der Waals surface area contributed by atoms with Gasteiger partial charge in [0.15, 0.2) is 0 Å². The van der Waals surface area contributed by atoms with E-state index in [-0.39, 0.29) is 11.8 Å². The summed E-state index contributed by atoms with van der Waals surface area (Å²) in [5.41, 5.74) is 4.81. The molecule has 37 heavy (non-hydrogen) atoms. The second kappa shape index (κ2) is 11.0. The lowest BCUT2D eigenvalue weighted by Gasteiger charge is -2.32. The Morgan fingerprint density at radius 3 is 2.43 bits per heavy atom. The summed E-state index contributed by atoms with van der Waals surface area (Å²) < 4.78 is 0.910. The van der Waals surface area contributed by atoms with Crippen LogP contribution < -0.4 is 10.2 Å². The fourth-order valence-corrected chi connectivity index (χ4v) is 5.11. The minimum absolute atomic E-state index is 0.0659. The number of likely N-dealkylation sites (N-methyl/N-ethyl adjacent to an activating group) is 2. The minimum Gasteiger partial charge on any atom is -0.325 e. The number of carbonyl (C=O) groups excluding carboxylic acids is 2. The molecule has 5 rings (SSSR count). The third-order valence-corrected chi connectivity index (χ3v) is 7.50. The molecule has 1 fully saturated rings. The maximum Gasteiger partial charge on any atom is 0.240 e. The standard InChI is InChI=1S/C29H30BrN5O2/c1-33-14-16-35(17-15-33)19-26(36)34(2)23-11-9-22(10-12-23)31-28(20-6-4-3-5-7-20)27-24-13-8-21(30)18-25(24)32-29(27)37/h3-13,18,27H,14-17,19H2,1-2H3,(H,32,37). The highest BCUT2D eigenvalue weighted by Crippen LogP contribution is 2.38. The number of fused-ring (bicyclic) bond motifs is 1. The Labute approximate surface area is 225 Å². The quantitative estimate of drug-likeness (QED) is 0.451. The van der Waals surface area contributed by atoms with Crippen molar-refractivity contribution in [1.29, 1.82) is 0 Å². The third kappa shape index (κ3) is 5.66. The zero-order valence-electron chi connectivity index (χ0n) is 21.0. The summed E-state index contributed by atoms with van der Waals surface area (Å²) in [6.45, 7) is 4.18. The molecule has 1 unspecified atom stereocenters. The number of anilines is 2. The summed E-state index contributed by atoms with van der Waals surface area (Å²) in [6, 6.07) is 23.2. The lowest BCUT2D eigenvalue weighted by molar-refractivity contribution is -0.120. The van der Waals surface area contributed by atoms with E-state index in [1.807, 2.05) is 79.8 Å². The number of amides is 2. The van der Waals surface area contributed by atoms with Crippen LogP contribution in [0.1, 0.15) is 17.0 Å². The predicted molar refractivity (Wildman–Crippen MR) is 152 cm³/mol. The van der Waals surface area contributed by atoms with Crippen LogP contribution in [-0.2, 0) is 9.59 Å². The first-order valence-electron chi connectivity index (χ1n) is 12.4. The Hall–Kier alpha value is -3.33. The summed E-state index contributed by atoms with van der Waals surface area (Å²) in [6.07, 6.45) is 0. The molecule has 2 aliphatic heterocycles. The summed E-state index contributed by atoms with van der Waals surface area (Å²) >= 11 is 3.48. The van der Waals surface area contributed by atoms with E-state index in [2.05, 4.69) is 38.1 Å². The fraction of sp³-hybridized carbons (Fsp3) is 0.276. The number of halogens is 1. The maximum atomic E-state index is 13.1. The first kappa shape index (κ1) is 25.3. The Bertz CT molecular complexity index is 1320. The second-order valence-electron chi connectivity index (χ2n) is 9.57. The van der Waals surface area contributed by atoms with Gasteiger partial charge in [-0.1, -0.05) is 52.3 Å². The summed E-state index contributed by atoms with van der Waals surface area (Å²) in [7, 11) is 3.92. The highest BCUT2D eigenvalue weighted by molar-refractivity contribution is 9.10. The number of nitrogens with zero attached hydrogens (tertiary/aromatic N) is 4. The molecule has 8 heteroatoms. The molecule has 0 aliphatic carbocycles. The van der Waals surface area contributed by atoms with Gasteiger partial charge in [0, 0.05) is 49.1 Å². The SMILES string of the molecule is CN1CCN(CC(=O)N(C)c2ccc(N=C(c3ccccc3)C3C(=O)Nc4cc(Br)ccc43)cc2)CC1. The van der Waals surface area contributed by atoms with Crippen LogP contribution in [0.15, 0.2) is 82.3 Å². The molecule has 1 atom stereocenters. The van der Waals surface area contributed by atoms with Gasteiger partial charge in [-0.15, -0.1) is 0 Å². The zero-order valence-corrected chi connectivity index (χ0v) is 22.6. The van der Waals surface area contributed by atoms with E-state index in [0.29, 0.717) is 12.3 Å². The molecular formula is C29H30BrN5O2. The van der Waals surface area contributed by atoms with Gasteiger partial charge in [-0.05, 0) is 54.6 Å². The van der Waals surface area contributed by atoms with Crippen LogP contribution >= 0.6 is 15.9 Å². The van der Waals surface area contributed by atoms with Crippen molar-refractivity contribution in [1.82, 2.24) is 9.80 Å². The highest BCUT2D eigenvalue weighted by Gasteiger charge is 2.35. The lowest BCUT2D eigenvalue weighted by Crippen LogP contribution is -2.48. The number of hydrogen-bond acceptors (Lipinski definition) is 5. The van der Waals surface area contributed by atoms with Gasteiger partial charge >= 0.3 is 0 Å². The Balaban J connectivity index is 1.39. The van der Waals surface area contributed by atoms with Gasteiger partial charge in [0.05, 0.1) is 17.9 Å². The molecule has 1 saturated heterocycles. The van der Waals surface area contributed by atoms with Crippen LogP contribution in [0.25, 0.3) is 0 Å². The molecule has 2 amide bonds. The molecule has 1 N–H and O–H groups in total. The zero-order chi connectivity index (χ0) is 25.9. The van der Waals surface area contributed by atoms with Crippen molar-refractivity contribution in [3.63, 3.8) is 0 Å². The average molecular weight is 560 g/mol. The number of hydrogen-bond donors (Lipinski definition) is 1. The van der Waals surface area contributed by atoms with Gasteiger partial charge in [0.25, 0.3) is 0 Å². The molecule has 7 nitrogen and oxygen atoms in total. The molecule has 0 bridgehead atoms. The van der Waals surface area contributed by atoms with Crippen LogP contribution in [0.2, 0.25) is 0 Å². The molecule has 190 valence electrons. The van der Waals surface area contributed by atoms with Gasteiger partial charge in [-0.2, -0.15) is 0 Å². The summed E-state index contributed by atoms with van der Waals surface area (Å²) in [4.78, 5) is 37.1. The highest BCUT2D eigenvalue weighted by atomic mass is 79.9. The largest absolute Gasteiger partial charge is 0.325 e. The first-order valence-corrected chi connectivity index (χ1v) is 13.2. The number of nitrogens with one attached hydrogen (secondary N) is 1. The van der Waals surface area contributed by atoms with Crippen molar-refractivity contribution in [3.8, 4) is 0 Å². The fourth-order valence-electron chi connectivity index (χ4n) is 4.75. The molecule has 0 radical (unpaired) electrons. The average Bonchev–Trinajstić information content (AvgIpc) is 3.23. The van der Waals surface area contributed by atoms with E-state index >= 15 is 0 Å². The van der Waals surface area contributed by atoms with E-state index in [1.54, 1.807) is 4.90 Å². The van der Waals surface area contributed by atoms with Crippen LogP contribution in [0, 0.1) is 0 Å². The minimum atomic E-state index is -0.516. The molecule has 2 heterocycles. The number of benzene rings is 3. The van der Waals surface area contributed by atoms with Crippen LogP contribution in [0.4, 0.5) is 17.1 Å². The van der Waals surface area contributed by atoms with Crippen molar-refractivity contribution < 1.29 is 9.59 Å². The van der Waals surface area contributed by atoms with Gasteiger partial charge < -0.3 is 15.1 Å². The number of rotatable bonds is 6. The van der Waals surface area contributed by atoms with Crippen molar-refractivity contribution in [2.45, 2.75) is 5.92 Å². The topological polar surface area (TPSA) is 68.2 Å². The molecule has 3 aromatic rings. The van der Waals surface area contributed by atoms with E-state index in [0.717, 1.165) is 58.8 Å². The molecule has 0 aromatic heterocycles. The molecule has 0 spiro atoms. The Morgan fingerprint density at radius 2 is 1.73 bits per heavy atom. The van der Waals surface area contributed by atoms with Crippen molar-refractivity contribution >= 4 is 50.5 Å². The number of piperazine rings is 1. The predicted octanol–water partition coefficient (Wildman–Crippen LogP) is 4.52. The number of carbonyl (C=O) groups is 2. The Morgan fingerprint density at radius 1 is 1.03 bits per heavy atom. The van der Waals surface area contributed by atoms with E-state index in [4.69, 9.17) is 4.99 Å². The van der Waals surface area contributed by atoms with E-state index < -0.39 is 5.92 Å². The van der Waals surface area contributed by atoms with Crippen molar-refractivity contribution in [2.75, 3.05) is 57.0 Å². The monoisotopic (exact) mass is 559 g/mol. The van der Waals surface area contributed by atoms with Crippen molar-refractivity contribution in [3.05, 3.63) is 88.4 Å². The Kier molecular flexibility index (Phi) is 7.50. The van der Waals surface area contributed by atoms with Gasteiger partial charge in [0.2, 0.25) is 11.8 Å². The maximum absolute atomic E-state index is 13.1. The third-order valence-electron chi connectivity index (χ3n) is 7.00. The van der Waals surface area contributed by atoms with E-state index in [9.17, 15) is 9.59 Å².